The molecule has 7 nitrogen and oxygen atoms in total. The Labute approximate surface area is 229 Å². The van der Waals surface area contributed by atoms with Crippen molar-refractivity contribution in [2.24, 2.45) is 0 Å². The molecule has 0 radical (unpaired) electrons. The van der Waals surface area contributed by atoms with Crippen LogP contribution in [0.4, 0.5) is 0 Å². The number of hydrogen-bond donors (Lipinski definition) is 1. The van der Waals surface area contributed by atoms with Gasteiger partial charge in [-0.2, -0.15) is 0 Å². The summed E-state index contributed by atoms with van der Waals surface area (Å²) in [4.78, 5) is 52.4. The van der Waals surface area contributed by atoms with Crippen molar-refractivity contribution >= 4 is 80.0 Å². The predicted molar refractivity (Wildman–Crippen MR) is 138 cm³/mol. The van der Waals surface area contributed by atoms with E-state index >= 15 is 0 Å². The van der Waals surface area contributed by atoms with Crippen LogP contribution in [0.15, 0.2) is 53.0 Å². The number of carbonyl (C=O) groups is 4. The average Bonchev–Trinajstić information content (AvgIpc) is 3.49. The van der Waals surface area contributed by atoms with Crippen molar-refractivity contribution in [1.82, 2.24) is 10.2 Å². The first-order valence-electron chi connectivity index (χ1n) is 11.0. The molecule has 1 aliphatic carbocycles. The smallest absolute Gasteiger partial charge is 0.325 e. The van der Waals surface area contributed by atoms with E-state index in [-0.39, 0.29) is 31.2 Å². The monoisotopic (exact) mass is 610 g/mol. The summed E-state index contributed by atoms with van der Waals surface area (Å²) in [6.07, 6.45) is 2.15. The van der Waals surface area contributed by atoms with E-state index in [0.717, 1.165) is 10.0 Å². The highest BCUT2D eigenvalue weighted by Crippen LogP contribution is 2.55. The molecule has 1 saturated heterocycles. The Balaban J connectivity index is 1.49. The van der Waals surface area contributed by atoms with Crippen molar-refractivity contribution in [2.75, 3.05) is 6.61 Å². The number of piperidine rings is 1. The van der Waals surface area contributed by atoms with Crippen molar-refractivity contribution in [3.8, 4) is 0 Å². The number of amides is 3. The van der Waals surface area contributed by atoms with Gasteiger partial charge in [-0.05, 0) is 40.8 Å². The molecule has 2 heterocycles. The number of imide groups is 1. The average molecular weight is 613 g/mol. The summed E-state index contributed by atoms with van der Waals surface area (Å²) < 4.78 is 4.43. The third-order valence-corrected chi connectivity index (χ3v) is 7.39. The van der Waals surface area contributed by atoms with Gasteiger partial charge in [0.25, 0.3) is 5.91 Å². The van der Waals surface area contributed by atoms with E-state index in [4.69, 9.17) is 39.5 Å². The number of fused-ring (bicyclic) bond motifs is 1. The molecular formula is C25H18BrCl3N2O5. The van der Waals surface area contributed by atoms with Gasteiger partial charge in [0.2, 0.25) is 15.6 Å². The van der Waals surface area contributed by atoms with Crippen LogP contribution in [0, 0.1) is 0 Å². The van der Waals surface area contributed by atoms with E-state index in [1.165, 1.54) is 4.90 Å². The number of ether oxygens (including phenoxy) is 1. The van der Waals surface area contributed by atoms with E-state index in [1.807, 2.05) is 6.07 Å². The van der Waals surface area contributed by atoms with Gasteiger partial charge in [-0.25, -0.2) is 0 Å². The molecule has 3 aliphatic rings. The fourth-order valence-corrected chi connectivity index (χ4v) is 5.24. The maximum Gasteiger partial charge on any atom is 0.325 e. The zero-order valence-corrected chi connectivity index (χ0v) is 22.4. The lowest BCUT2D eigenvalue weighted by Crippen LogP contribution is -2.52. The van der Waals surface area contributed by atoms with Crippen molar-refractivity contribution < 1.29 is 23.9 Å². The van der Waals surface area contributed by atoms with Crippen molar-refractivity contribution in [1.29, 1.82) is 0 Å². The minimum absolute atomic E-state index is 0.163. The first-order chi connectivity index (χ1) is 17.0. The molecule has 1 N–H and O–H groups in total. The summed E-state index contributed by atoms with van der Waals surface area (Å²) in [5, 5.41) is 2.30. The summed E-state index contributed by atoms with van der Waals surface area (Å²) in [5.41, 5.74) is 1.69. The molecule has 0 saturated carbocycles. The third kappa shape index (κ3) is 4.45. The molecule has 3 amide bonds. The molecule has 0 aromatic heterocycles. The molecule has 186 valence electrons. The SMILES string of the molecule is O=C1CCC(N2Cc3cccc(C4=C[C@@]4(C(=O)OCC(Cl)(Cl)Cl)c4ccc(Br)cc4)c3C2=O)C(=O)N1. The summed E-state index contributed by atoms with van der Waals surface area (Å²) in [6, 6.07) is 11.8. The Morgan fingerprint density at radius 3 is 2.53 bits per heavy atom. The van der Waals surface area contributed by atoms with Crippen LogP contribution >= 0.6 is 50.7 Å². The molecule has 36 heavy (non-hydrogen) atoms. The van der Waals surface area contributed by atoms with Crippen LogP contribution < -0.4 is 5.32 Å². The predicted octanol–water partition coefficient (Wildman–Crippen LogP) is 4.46. The molecule has 2 aromatic rings. The normalized spacial score (nSPS) is 23.2. The quantitative estimate of drug-likeness (QED) is 0.306. The molecule has 2 aromatic carbocycles. The van der Waals surface area contributed by atoms with Crippen LogP contribution in [0.25, 0.3) is 5.57 Å². The van der Waals surface area contributed by atoms with E-state index < -0.39 is 33.7 Å². The molecule has 0 bridgehead atoms. The summed E-state index contributed by atoms with van der Waals surface area (Å²) >= 11 is 20.8. The molecule has 2 atom stereocenters. The van der Waals surface area contributed by atoms with Gasteiger partial charge < -0.3 is 9.64 Å². The van der Waals surface area contributed by atoms with Gasteiger partial charge in [0.05, 0.1) is 5.56 Å². The lowest BCUT2D eigenvalue weighted by atomic mass is 9.86. The van der Waals surface area contributed by atoms with E-state index in [2.05, 4.69) is 21.2 Å². The molecule has 2 aliphatic heterocycles. The van der Waals surface area contributed by atoms with Crippen LogP contribution in [-0.2, 0) is 31.1 Å². The van der Waals surface area contributed by atoms with Gasteiger partial charge in [-0.3, -0.25) is 24.5 Å². The largest absolute Gasteiger partial charge is 0.460 e. The number of nitrogens with zero attached hydrogens (tertiary/aromatic N) is 1. The Kier molecular flexibility index (Phi) is 6.44. The fraction of sp³-hybridized carbons (Fsp3) is 0.280. The number of esters is 1. The highest BCUT2D eigenvalue weighted by molar-refractivity contribution is 9.10. The van der Waals surface area contributed by atoms with Crippen LogP contribution in [-0.4, -0.2) is 45.0 Å². The standard InChI is InChI=1S/C25H18BrCl3N2O5/c26-15-6-4-14(5-7-15)24(23(35)36-12-25(27,28)29)10-17(24)16-3-1-2-13-11-31(22(34)20(13)16)18-8-9-19(32)30-21(18)33/h1-7,10,18H,8-9,11-12H2,(H,30,32,33)/t18?,24-/m1/s1. The number of nitrogens with one attached hydrogen (secondary N) is 1. The van der Waals surface area contributed by atoms with Crippen molar-refractivity contribution in [3.63, 3.8) is 0 Å². The van der Waals surface area contributed by atoms with Gasteiger partial charge in [0.1, 0.15) is 18.1 Å². The minimum atomic E-state index is -1.78. The van der Waals surface area contributed by atoms with E-state index in [1.54, 1.807) is 42.5 Å². The minimum Gasteiger partial charge on any atom is -0.460 e. The molecule has 11 heteroatoms. The van der Waals surface area contributed by atoms with Crippen molar-refractivity contribution in [2.45, 2.75) is 34.6 Å². The van der Waals surface area contributed by atoms with Gasteiger partial charge in [-0.15, -0.1) is 0 Å². The third-order valence-electron chi connectivity index (χ3n) is 6.53. The summed E-state index contributed by atoms with van der Waals surface area (Å²) in [5.74, 6) is -1.80. The van der Waals surface area contributed by atoms with Gasteiger partial charge in [0.15, 0.2) is 0 Å². The highest BCUT2D eigenvalue weighted by Gasteiger charge is 2.56. The molecular weight excluding hydrogens is 595 g/mol. The second-order valence-electron chi connectivity index (χ2n) is 8.80. The lowest BCUT2D eigenvalue weighted by molar-refractivity contribution is -0.145. The van der Waals surface area contributed by atoms with Crippen molar-refractivity contribution in [3.05, 3.63) is 75.3 Å². The number of alkyl halides is 3. The lowest BCUT2D eigenvalue weighted by Gasteiger charge is -2.29. The number of benzene rings is 2. The zero-order valence-electron chi connectivity index (χ0n) is 18.5. The van der Waals surface area contributed by atoms with Crippen LogP contribution in [0.3, 0.4) is 0 Å². The fourth-order valence-electron chi connectivity index (χ4n) is 4.81. The maximum atomic E-state index is 13.6. The Morgan fingerprint density at radius 2 is 1.86 bits per heavy atom. The van der Waals surface area contributed by atoms with Crippen LogP contribution in [0.2, 0.25) is 0 Å². The first kappa shape index (κ1) is 25.3. The molecule has 1 unspecified atom stereocenters. The molecule has 5 rings (SSSR count). The summed E-state index contributed by atoms with van der Waals surface area (Å²) in [7, 11) is 0. The van der Waals surface area contributed by atoms with Gasteiger partial charge in [0, 0.05) is 17.4 Å². The number of hydrogen-bond acceptors (Lipinski definition) is 5. The van der Waals surface area contributed by atoms with E-state index in [9.17, 15) is 19.2 Å². The maximum absolute atomic E-state index is 13.6. The van der Waals surface area contributed by atoms with E-state index in [0.29, 0.717) is 22.3 Å². The summed E-state index contributed by atoms with van der Waals surface area (Å²) in [6.45, 7) is -0.213. The second kappa shape index (κ2) is 9.17. The highest BCUT2D eigenvalue weighted by atomic mass is 79.9. The topological polar surface area (TPSA) is 92.8 Å². The van der Waals surface area contributed by atoms with Gasteiger partial charge in [-0.1, -0.05) is 87.1 Å². The number of halogens is 4. The van der Waals surface area contributed by atoms with Gasteiger partial charge >= 0.3 is 5.97 Å². The molecule has 1 fully saturated rings. The Morgan fingerprint density at radius 1 is 1.14 bits per heavy atom. The number of rotatable bonds is 5. The van der Waals surface area contributed by atoms with Crippen LogP contribution in [0.5, 0.6) is 0 Å². The Hall–Kier alpha value is -2.39. The van der Waals surface area contributed by atoms with Crippen LogP contribution in [0.1, 0.15) is 39.9 Å². The zero-order chi connectivity index (χ0) is 25.8. The number of carbonyl (C=O) groups excluding carboxylic acids is 4. The second-order valence-corrected chi connectivity index (χ2v) is 12.2. The molecule has 0 spiro atoms. The Bertz CT molecular complexity index is 1340. The first-order valence-corrected chi connectivity index (χ1v) is 12.9.